The maximum atomic E-state index is 12.8. The van der Waals surface area contributed by atoms with Crippen LogP contribution in [0.2, 0.25) is 0 Å². The highest BCUT2D eigenvalue weighted by Crippen LogP contribution is 2.22. The lowest BCUT2D eigenvalue weighted by atomic mass is 10.1. The van der Waals surface area contributed by atoms with Crippen LogP contribution in [-0.2, 0) is 0 Å². The van der Waals surface area contributed by atoms with Crippen LogP contribution in [0.3, 0.4) is 0 Å². The van der Waals surface area contributed by atoms with Crippen molar-refractivity contribution >= 4 is 6.09 Å². The van der Waals surface area contributed by atoms with Crippen LogP contribution in [0.4, 0.5) is 9.18 Å². The Morgan fingerprint density at radius 1 is 1.20 bits per heavy atom. The lowest BCUT2D eigenvalue weighted by Gasteiger charge is -2.06. The highest BCUT2D eigenvalue weighted by molar-refractivity contribution is 5.71. The van der Waals surface area contributed by atoms with E-state index in [1.165, 1.54) is 12.3 Å². The van der Waals surface area contributed by atoms with Crippen molar-refractivity contribution in [3.8, 4) is 17.0 Å². The zero-order valence-corrected chi connectivity index (χ0v) is 10.7. The number of amides is 1. The average Bonchev–Trinajstić information content (AvgIpc) is 3.24. The van der Waals surface area contributed by atoms with E-state index in [0.717, 1.165) is 18.4 Å². The predicted octanol–water partition coefficient (Wildman–Crippen LogP) is 3.14. The Bertz CT molecular complexity index is 607. The highest BCUT2D eigenvalue weighted by Gasteiger charge is 2.24. The number of carbonyl (C=O) groups excluding carboxylic acids is 1. The number of halogens is 1. The summed E-state index contributed by atoms with van der Waals surface area (Å²) in [5.41, 5.74) is 1.50. The lowest BCUT2D eigenvalue weighted by Crippen LogP contribution is -2.28. The number of pyridine rings is 1. The van der Waals surface area contributed by atoms with Gasteiger partial charge in [0.25, 0.3) is 0 Å². The smallest absolute Gasteiger partial charge is 0.410 e. The lowest BCUT2D eigenvalue weighted by molar-refractivity contribution is 0.200. The van der Waals surface area contributed by atoms with Crippen LogP contribution < -0.4 is 10.1 Å². The van der Waals surface area contributed by atoms with Crippen LogP contribution in [0.1, 0.15) is 12.8 Å². The molecule has 1 saturated carbocycles. The van der Waals surface area contributed by atoms with Gasteiger partial charge in [-0.05, 0) is 49.2 Å². The number of ether oxygens (including phenoxy) is 1. The van der Waals surface area contributed by atoms with Crippen molar-refractivity contribution in [2.24, 2.45) is 0 Å². The number of nitrogens with one attached hydrogen (secondary N) is 1. The SMILES string of the molecule is O=C(NC1CC1)Oc1ccc(-c2ccc(F)cn2)cc1. The first-order chi connectivity index (χ1) is 9.70. The van der Waals surface area contributed by atoms with E-state index in [1.54, 1.807) is 30.3 Å². The van der Waals surface area contributed by atoms with Gasteiger partial charge in [0.2, 0.25) is 0 Å². The first-order valence-electron chi connectivity index (χ1n) is 6.41. The molecule has 1 aromatic heterocycles. The Morgan fingerprint density at radius 3 is 2.55 bits per heavy atom. The third-order valence-corrected chi connectivity index (χ3v) is 2.99. The van der Waals surface area contributed by atoms with Gasteiger partial charge in [-0.2, -0.15) is 0 Å². The van der Waals surface area contributed by atoms with Crippen molar-refractivity contribution in [2.75, 3.05) is 0 Å². The number of hydrogen-bond acceptors (Lipinski definition) is 3. The number of benzene rings is 1. The van der Waals surface area contributed by atoms with Crippen molar-refractivity contribution < 1.29 is 13.9 Å². The summed E-state index contributed by atoms with van der Waals surface area (Å²) >= 11 is 0. The summed E-state index contributed by atoms with van der Waals surface area (Å²) in [6.07, 6.45) is 2.78. The molecule has 2 aromatic rings. The molecule has 1 aliphatic rings. The van der Waals surface area contributed by atoms with E-state index < -0.39 is 6.09 Å². The maximum absolute atomic E-state index is 12.8. The molecule has 0 aliphatic heterocycles. The molecule has 0 bridgehead atoms. The van der Waals surface area contributed by atoms with Crippen molar-refractivity contribution in [3.05, 3.63) is 48.4 Å². The molecular weight excluding hydrogens is 259 g/mol. The Hall–Kier alpha value is -2.43. The van der Waals surface area contributed by atoms with Crippen LogP contribution >= 0.6 is 0 Å². The first-order valence-corrected chi connectivity index (χ1v) is 6.41. The van der Waals surface area contributed by atoms with Crippen LogP contribution in [0, 0.1) is 5.82 Å². The average molecular weight is 272 g/mol. The molecule has 4 nitrogen and oxygen atoms in total. The molecule has 0 unspecified atom stereocenters. The fourth-order valence-electron chi connectivity index (χ4n) is 1.77. The second-order valence-electron chi connectivity index (χ2n) is 4.69. The van der Waals surface area contributed by atoms with Crippen molar-refractivity contribution in [3.63, 3.8) is 0 Å². The number of aromatic nitrogens is 1. The molecule has 0 spiro atoms. The van der Waals surface area contributed by atoms with Crippen LogP contribution in [0.15, 0.2) is 42.6 Å². The van der Waals surface area contributed by atoms with Gasteiger partial charge in [0.15, 0.2) is 0 Å². The minimum absolute atomic E-state index is 0.269. The number of hydrogen-bond donors (Lipinski definition) is 1. The van der Waals surface area contributed by atoms with Gasteiger partial charge in [-0.3, -0.25) is 4.98 Å². The molecule has 5 heteroatoms. The monoisotopic (exact) mass is 272 g/mol. The second kappa shape index (κ2) is 5.28. The molecule has 1 aromatic carbocycles. The molecule has 20 heavy (non-hydrogen) atoms. The van der Waals surface area contributed by atoms with Gasteiger partial charge in [-0.1, -0.05) is 0 Å². The van der Waals surface area contributed by atoms with Gasteiger partial charge in [0, 0.05) is 11.6 Å². The quantitative estimate of drug-likeness (QED) is 0.933. The Morgan fingerprint density at radius 2 is 1.95 bits per heavy atom. The van der Waals surface area contributed by atoms with Crippen molar-refractivity contribution in [2.45, 2.75) is 18.9 Å². The number of rotatable bonds is 3. The van der Waals surface area contributed by atoms with Gasteiger partial charge in [0.1, 0.15) is 11.6 Å². The second-order valence-corrected chi connectivity index (χ2v) is 4.69. The molecule has 1 heterocycles. The summed E-state index contributed by atoms with van der Waals surface area (Å²) in [6, 6.07) is 10.2. The summed E-state index contributed by atoms with van der Waals surface area (Å²) in [7, 11) is 0. The largest absolute Gasteiger partial charge is 0.412 e. The van der Waals surface area contributed by atoms with Crippen molar-refractivity contribution in [1.29, 1.82) is 0 Å². The van der Waals surface area contributed by atoms with Gasteiger partial charge in [-0.25, -0.2) is 9.18 Å². The zero-order chi connectivity index (χ0) is 13.9. The van der Waals surface area contributed by atoms with E-state index >= 15 is 0 Å². The minimum Gasteiger partial charge on any atom is -0.410 e. The molecule has 0 saturated heterocycles. The van der Waals surface area contributed by atoms with E-state index in [2.05, 4.69) is 10.3 Å². The topological polar surface area (TPSA) is 51.2 Å². The molecule has 1 aliphatic carbocycles. The van der Waals surface area contributed by atoms with Gasteiger partial charge >= 0.3 is 6.09 Å². The normalized spacial score (nSPS) is 13.8. The van der Waals surface area contributed by atoms with E-state index in [9.17, 15) is 9.18 Å². The van der Waals surface area contributed by atoms with Crippen LogP contribution in [-0.4, -0.2) is 17.1 Å². The van der Waals surface area contributed by atoms with Crippen LogP contribution in [0.25, 0.3) is 11.3 Å². The Labute approximate surface area is 115 Å². The van der Waals surface area contributed by atoms with E-state index in [0.29, 0.717) is 11.4 Å². The van der Waals surface area contributed by atoms with Gasteiger partial charge < -0.3 is 10.1 Å². The molecule has 102 valence electrons. The number of carbonyl (C=O) groups is 1. The Balaban J connectivity index is 1.67. The molecule has 1 N–H and O–H groups in total. The molecule has 3 rings (SSSR count). The summed E-state index contributed by atoms with van der Waals surface area (Å²) in [6.45, 7) is 0. The van der Waals surface area contributed by atoms with E-state index in [4.69, 9.17) is 4.74 Å². The third-order valence-electron chi connectivity index (χ3n) is 2.99. The standard InChI is InChI=1S/C15H13FN2O2/c16-11-3-8-14(17-9-11)10-1-6-13(7-2-10)20-15(19)18-12-4-5-12/h1-3,6-9,12H,4-5H2,(H,18,19). The fraction of sp³-hybridized carbons (Fsp3) is 0.200. The van der Waals surface area contributed by atoms with E-state index in [-0.39, 0.29) is 11.9 Å². The van der Waals surface area contributed by atoms with Crippen LogP contribution in [0.5, 0.6) is 5.75 Å². The minimum atomic E-state index is -0.430. The zero-order valence-electron chi connectivity index (χ0n) is 10.7. The summed E-state index contributed by atoms with van der Waals surface area (Å²) in [5, 5.41) is 2.74. The summed E-state index contributed by atoms with van der Waals surface area (Å²) < 4.78 is 17.9. The first kappa shape index (κ1) is 12.6. The van der Waals surface area contributed by atoms with Gasteiger partial charge in [-0.15, -0.1) is 0 Å². The molecule has 0 radical (unpaired) electrons. The molecular formula is C15H13FN2O2. The number of nitrogens with zero attached hydrogens (tertiary/aromatic N) is 1. The molecule has 1 fully saturated rings. The van der Waals surface area contributed by atoms with Crippen molar-refractivity contribution in [1.82, 2.24) is 10.3 Å². The summed E-state index contributed by atoms with van der Waals surface area (Å²) in [4.78, 5) is 15.5. The Kier molecular flexibility index (Phi) is 3.33. The summed E-state index contributed by atoms with van der Waals surface area (Å²) in [5.74, 6) is 0.0967. The van der Waals surface area contributed by atoms with Gasteiger partial charge in [0.05, 0.1) is 11.9 Å². The predicted molar refractivity (Wildman–Crippen MR) is 71.8 cm³/mol. The van der Waals surface area contributed by atoms with E-state index in [1.807, 2.05) is 0 Å². The molecule has 1 amide bonds. The maximum Gasteiger partial charge on any atom is 0.412 e. The molecule has 0 atom stereocenters. The highest BCUT2D eigenvalue weighted by atomic mass is 19.1. The third kappa shape index (κ3) is 3.12. The fourth-order valence-corrected chi connectivity index (χ4v) is 1.77.